The van der Waals surface area contributed by atoms with Gasteiger partial charge in [0.15, 0.2) is 0 Å². The molecule has 2 N–H and O–H groups in total. The second kappa shape index (κ2) is 5.02. The van der Waals surface area contributed by atoms with Crippen molar-refractivity contribution in [3.8, 4) is 5.95 Å². The van der Waals surface area contributed by atoms with E-state index in [9.17, 15) is 0 Å². The third-order valence-corrected chi connectivity index (χ3v) is 3.01. The predicted molar refractivity (Wildman–Crippen MR) is 69.7 cm³/mol. The first-order valence-corrected chi connectivity index (χ1v) is 6.22. The SMILES string of the molecule is Nc1nc(Sc2ccccn2)nc(-n2ccnc2)n1. The summed E-state index contributed by atoms with van der Waals surface area (Å²) in [4.78, 5) is 20.6. The largest absolute Gasteiger partial charge is 0.368 e. The molecule has 8 heteroatoms. The van der Waals surface area contributed by atoms with Crippen LogP contribution in [0.1, 0.15) is 0 Å². The Labute approximate surface area is 113 Å². The van der Waals surface area contributed by atoms with Crippen LogP contribution < -0.4 is 5.73 Å². The number of rotatable bonds is 3. The van der Waals surface area contributed by atoms with Crippen LogP contribution in [-0.2, 0) is 0 Å². The molecule has 0 spiro atoms. The first kappa shape index (κ1) is 11.6. The van der Waals surface area contributed by atoms with E-state index in [2.05, 4.69) is 24.9 Å². The van der Waals surface area contributed by atoms with Crippen molar-refractivity contribution in [3.63, 3.8) is 0 Å². The van der Waals surface area contributed by atoms with Gasteiger partial charge in [-0.05, 0) is 23.9 Å². The van der Waals surface area contributed by atoms with Crippen molar-refractivity contribution in [2.75, 3.05) is 5.73 Å². The number of hydrogen-bond acceptors (Lipinski definition) is 7. The first-order chi connectivity index (χ1) is 9.31. The molecule has 3 heterocycles. The van der Waals surface area contributed by atoms with Gasteiger partial charge in [-0.1, -0.05) is 6.07 Å². The van der Waals surface area contributed by atoms with E-state index in [1.165, 1.54) is 11.8 Å². The summed E-state index contributed by atoms with van der Waals surface area (Å²) in [5.41, 5.74) is 5.69. The van der Waals surface area contributed by atoms with Crippen LogP contribution in [0.3, 0.4) is 0 Å². The monoisotopic (exact) mass is 271 g/mol. The lowest BCUT2D eigenvalue weighted by Crippen LogP contribution is -2.06. The maximum atomic E-state index is 5.69. The Morgan fingerprint density at radius 1 is 1.11 bits per heavy atom. The van der Waals surface area contributed by atoms with E-state index < -0.39 is 0 Å². The van der Waals surface area contributed by atoms with Gasteiger partial charge in [0.1, 0.15) is 11.4 Å². The van der Waals surface area contributed by atoms with Crippen molar-refractivity contribution in [2.24, 2.45) is 0 Å². The minimum Gasteiger partial charge on any atom is -0.368 e. The molecule has 0 unspecified atom stereocenters. The van der Waals surface area contributed by atoms with E-state index >= 15 is 0 Å². The smallest absolute Gasteiger partial charge is 0.240 e. The Morgan fingerprint density at radius 2 is 2.05 bits per heavy atom. The number of imidazole rings is 1. The number of aromatic nitrogens is 6. The highest BCUT2D eigenvalue weighted by atomic mass is 32.2. The van der Waals surface area contributed by atoms with Gasteiger partial charge in [0.05, 0.1) is 0 Å². The Hall–Kier alpha value is -2.48. The zero-order chi connectivity index (χ0) is 13.1. The topological polar surface area (TPSA) is 95.4 Å². The summed E-state index contributed by atoms with van der Waals surface area (Å²) in [5, 5.41) is 1.29. The molecule has 0 aliphatic rings. The molecule has 0 bridgehead atoms. The van der Waals surface area contributed by atoms with Crippen LogP contribution in [0.5, 0.6) is 0 Å². The summed E-state index contributed by atoms with van der Waals surface area (Å²) in [6.45, 7) is 0. The van der Waals surface area contributed by atoms with Gasteiger partial charge in [0, 0.05) is 18.6 Å². The molecule has 3 aromatic rings. The van der Waals surface area contributed by atoms with Gasteiger partial charge in [-0.2, -0.15) is 15.0 Å². The molecular formula is C11H9N7S. The Kier molecular flexibility index (Phi) is 3.07. The lowest BCUT2D eigenvalue weighted by Gasteiger charge is -2.04. The van der Waals surface area contributed by atoms with Gasteiger partial charge in [-0.25, -0.2) is 9.97 Å². The second-order valence-electron chi connectivity index (χ2n) is 3.52. The maximum Gasteiger partial charge on any atom is 0.240 e. The number of nitrogens with zero attached hydrogens (tertiary/aromatic N) is 6. The van der Waals surface area contributed by atoms with Gasteiger partial charge in [-0.3, -0.25) is 4.57 Å². The van der Waals surface area contributed by atoms with Crippen LogP contribution in [-0.4, -0.2) is 29.5 Å². The fourth-order valence-electron chi connectivity index (χ4n) is 1.40. The summed E-state index contributed by atoms with van der Waals surface area (Å²) in [5.74, 6) is 0.598. The van der Waals surface area contributed by atoms with Gasteiger partial charge in [0.25, 0.3) is 0 Å². The minimum atomic E-state index is 0.164. The highest BCUT2D eigenvalue weighted by molar-refractivity contribution is 7.99. The number of pyridine rings is 1. The standard InChI is InChI=1S/C11H9N7S/c12-9-15-10(18-6-5-13-7-18)17-11(16-9)19-8-3-1-2-4-14-8/h1-7H,(H2,12,15,16,17). The van der Waals surface area contributed by atoms with Crippen molar-refractivity contribution >= 4 is 17.7 Å². The third-order valence-electron chi connectivity index (χ3n) is 2.19. The molecule has 0 aliphatic heterocycles. The fourth-order valence-corrected chi connectivity index (χ4v) is 2.11. The van der Waals surface area contributed by atoms with Gasteiger partial charge in [0.2, 0.25) is 17.1 Å². The maximum absolute atomic E-state index is 5.69. The third kappa shape index (κ3) is 2.68. The van der Waals surface area contributed by atoms with Crippen LogP contribution in [0.4, 0.5) is 5.95 Å². The predicted octanol–water partition coefficient (Wildman–Crippen LogP) is 1.19. The molecule has 0 saturated heterocycles. The van der Waals surface area contributed by atoms with Crippen LogP contribution in [0.25, 0.3) is 5.95 Å². The molecule has 0 aliphatic carbocycles. The van der Waals surface area contributed by atoms with Crippen molar-refractivity contribution in [2.45, 2.75) is 10.2 Å². The van der Waals surface area contributed by atoms with E-state index in [1.807, 2.05) is 18.2 Å². The highest BCUT2D eigenvalue weighted by Crippen LogP contribution is 2.22. The molecule has 19 heavy (non-hydrogen) atoms. The first-order valence-electron chi connectivity index (χ1n) is 5.40. The van der Waals surface area contributed by atoms with Gasteiger partial charge in [-0.15, -0.1) is 0 Å². The van der Waals surface area contributed by atoms with Crippen LogP contribution in [0.2, 0.25) is 0 Å². The quantitative estimate of drug-likeness (QED) is 0.764. The molecule has 0 aromatic carbocycles. The average molecular weight is 271 g/mol. The Balaban J connectivity index is 1.94. The summed E-state index contributed by atoms with van der Waals surface area (Å²) in [6.07, 6.45) is 6.70. The molecule has 94 valence electrons. The summed E-state index contributed by atoms with van der Waals surface area (Å²) >= 11 is 1.33. The number of hydrogen-bond donors (Lipinski definition) is 1. The zero-order valence-corrected chi connectivity index (χ0v) is 10.5. The molecule has 3 rings (SSSR count). The molecule has 0 atom stereocenters. The lowest BCUT2D eigenvalue weighted by molar-refractivity contribution is 0.831. The number of anilines is 1. The molecule has 0 fully saturated rings. The van der Waals surface area contributed by atoms with Crippen LogP contribution in [0.15, 0.2) is 53.3 Å². The fraction of sp³-hybridized carbons (Fsp3) is 0. The summed E-state index contributed by atoms with van der Waals surface area (Å²) in [7, 11) is 0. The van der Waals surface area contributed by atoms with Crippen molar-refractivity contribution in [1.29, 1.82) is 0 Å². The Bertz CT molecular complexity index is 669. The Morgan fingerprint density at radius 3 is 2.79 bits per heavy atom. The van der Waals surface area contributed by atoms with Crippen LogP contribution >= 0.6 is 11.8 Å². The van der Waals surface area contributed by atoms with E-state index in [-0.39, 0.29) is 5.95 Å². The molecular weight excluding hydrogens is 262 g/mol. The second-order valence-corrected chi connectivity index (χ2v) is 4.50. The number of nitrogen functional groups attached to an aromatic ring is 1. The van der Waals surface area contributed by atoms with E-state index in [0.717, 1.165) is 5.03 Å². The average Bonchev–Trinajstić information content (AvgIpc) is 2.93. The molecule has 0 radical (unpaired) electrons. The summed E-state index contributed by atoms with van der Waals surface area (Å²) in [6, 6.07) is 5.63. The normalized spacial score (nSPS) is 10.5. The van der Waals surface area contributed by atoms with E-state index in [1.54, 1.807) is 29.5 Å². The van der Waals surface area contributed by atoms with Crippen molar-refractivity contribution < 1.29 is 0 Å². The molecule has 7 nitrogen and oxygen atoms in total. The van der Waals surface area contributed by atoms with E-state index in [0.29, 0.717) is 11.1 Å². The number of nitrogens with two attached hydrogens (primary N) is 1. The zero-order valence-electron chi connectivity index (χ0n) is 9.71. The van der Waals surface area contributed by atoms with Gasteiger partial charge >= 0.3 is 0 Å². The van der Waals surface area contributed by atoms with Crippen LogP contribution in [0, 0.1) is 0 Å². The van der Waals surface area contributed by atoms with Crippen molar-refractivity contribution in [1.82, 2.24) is 29.5 Å². The molecule has 3 aromatic heterocycles. The molecule has 0 saturated carbocycles. The molecule has 0 amide bonds. The van der Waals surface area contributed by atoms with E-state index in [4.69, 9.17) is 5.73 Å². The summed E-state index contributed by atoms with van der Waals surface area (Å²) < 4.78 is 1.67. The van der Waals surface area contributed by atoms with Crippen molar-refractivity contribution in [3.05, 3.63) is 43.1 Å². The lowest BCUT2D eigenvalue weighted by atomic mass is 10.5. The minimum absolute atomic E-state index is 0.164. The highest BCUT2D eigenvalue weighted by Gasteiger charge is 2.08. The van der Waals surface area contributed by atoms with Gasteiger partial charge < -0.3 is 5.73 Å².